The van der Waals surface area contributed by atoms with Crippen molar-refractivity contribution in [3.63, 3.8) is 0 Å². The molecule has 4 rings (SSSR count). The van der Waals surface area contributed by atoms with Gasteiger partial charge in [-0.25, -0.2) is 0 Å². The van der Waals surface area contributed by atoms with Crippen LogP contribution in [0.25, 0.3) is 6.08 Å². The van der Waals surface area contributed by atoms with E-state index in [9.17, 15) is 14.4 Å². The van der Waals surface area contributed by atoms with Crippen LogP contribution < -0.4 is 19.5 Å². The van der Waals surface area contributed by atoms with Gasteiger partial charge >= 0.3 is 0 Å². The molecule has 2 aliphatic heterocycles. The largest absolute Gasteiger partial charge is 0.483 e. The summed E-state index contributed by atoms with van der Waals surface area (Å²) in [5, 5.41) is 2.32. The van der Waals surface area contributed by atoms with E-state index in [2.05, 4.69) is 5.32 Å². The quantitative estimate of drug-likeness (QED) is 0.621. The number of carbonyl (C=O) groups excluding carboxylic acids is 3. The van der Waals surface area contributed by atoms with Crippen LogP contribution in [0.4, 0.5) is 4.79 Å². The molecule has 2 aliphatic rings. The summed E-state index contributed by atoms with van der Waals surface area (Å²) in [6.45, 7) is 6.12. The lowest BCUT2D eigenvalue weighted by molar-refractivity contribution is -0.125. The number of thioether (sulfide) groups is 1. The number of nitrogens with one attached hydrogen (secondary N) is 1. The average molecular weight is 469 g/mol. The first-order valence-corrected chi connectivity index (χ1v) is 11.3. The highest BCUT2D eigenvalue weighted by Crippen LogP contribution is 2.36. The van der Waals surface area contributed by atoms with Crippen LogP contribution in [-0.2, 0) is 9.59 Å². The van der Waals surface area contributed by atoms with Crippen molar-refractivity contribution >= 4 is 34.9 Å². The van der Waals surface area contributed by atoms with Crippen LogP contribution in [0.2, 0.25) is 0 Å². The van der Waals surface area contributed by atoms with E-state index < -0.39 is 0 Å². The van der Waals surface area contributed by atoms with Crippen molar-refractivity contribution in [2.45, 2.75) is 20.8 Å². The maximum Gasteiger partial charge on any atom is 0.293 e. The molecule has 0 aromatic heterocycles. The van der Waals surface area contributed by atoms with E-state index >= 15 is 0 Å². The SMILES string of the molecule is Cc1cc(C)c(OCC(=O)NCCN2C(=O)S/C(=C\c3ccc4c(c3)OCO4)C2=O)c(C)c1. The average Bonchev–Trinajstić information content (AvgIpc) is 3.32. The van der Waals surface area contributed by atoms with Gasteiger partial charge in [-0.05, 0) is 67.4 Å². The van der Waals surface area contributed by atoms with Crippen LogP contribution >= 0.6 is 11.8 Å². The van der Waals surface area contributed by atoms with E-state index in [0.29, 0.717) is 22.2 Å². The second-order valence-corrected chi connectivity index (χ2v) is 8.81. The molecule has 0 unspecified atom stereocenters. The molecule has 8 nitrogen and oxygen atoms in total. The molecular formula is C24H24N2O6S. The van der Waals surface area contributed by atoms with Gasteiger partial charge in [0.2, 0.25) is 6.79 Å². The molecule has 9 heteroatoms. The topological polar surface area (TPSA) is 94.2 Å². The molecule has 3 amide bonds. The van der Waals surface area contributed by atoms with Crippen LogP contribution in [0.3, 0.4) is 0 Å². The molecule has 2 aromatic carbocycles. The third-order valence-corrected chi connectivity index (χ3v) is 6.09. The first-order valence-electron chi connectivity index (χ1n) is 10.4. The lowest BCUT2D eigenvalue weighted by atomic mass is 10.1. The highest BCUT2D eigenvalue weighted by molar-refractivity contribution is 8.18. The Kier molecular flexibility index (Phi) is 6.60. The van der Waals surface area contributed by atoms with Crippen molar-refractivity contribution in [3.8, 4) is 17.2 Å². The highest BCUT2D eigenvalue weighted by atomic mass is 32.2. The van der Waals surface area contributed by atoms with Crippen LogP contribution in [0, 0.1) is 20.8 Å². The van der Waals surface area contributed by atoms with E-state index in [1.54, 1.807) is 24.3 Å². The number of benzene rings is 2. The predicted octanol–water partition coefficient (Wildman–Crippen LogP) is 3.57. The second kappa shape index (κ2) is 9.58. The van der Waals surface area contributed by atoms with E-state index in [1.807, 2.05) is 32.9 Å². The molecule has 0 aliphatic carbocycles. The number of nitrogens with zero attached hydrogens (tertiary/aromatic N) is 1. The number of imide groups is 1. The Morgan fingerprint density at radius 3 is 2.61 bits per heavy atom. The molecule has 1 fully saturated rings. The van der Waals surface area contributed by atoms with E-state index in [-0.39, 0.29) is 43.5 Å². The maximum absolute atomic E-state index is 12.7. The molecule has 0 bridgehead atoms. The fourth-order valence-electron chi connectivity index (χ4n) is 3.74. The van der Waals surface area contributed by atoms with Crippen LogP contribution in [0.5, 0.6) is 17.2 Å². The Bertz CT molecular complexity index is 1140. The molecule has 2 heterocycles. The molecular weight excluding hydrogens is 444 g/mol. The normalized spacial score (nSPS) is 16.0. The highest BCUT2D eigenvalue weighted by Gasteiger charge is 2.34. The molecule has 1 N–H and O–H groups in total. The van der Waals surface area contributed by atoms with Crippen molar-refractivity contribution < 1.29 is 28.6 Å². The van der Waals surface area contributed by atoms with Crippen molar-refractivity contribution in [1.82, 2.24) is 10.2 Å². The van der Waals surface area contributed by atoms with E-state index in [1.165, 1.54) is 0 Å². The number of ether oxygens (including phenoxy) is 3. The third kappa shape index (κ3) is 5.14. The lowest BCUT2D eigenvalue weighted by Crippen LogP contribution is -2.38. The van der Waals surface area contributed by atoms with Crippen molar-refractivity contribution in [3.05, 3.63) is 57.5 Å². The summed E-state index contributed by atoms with van der Waals surface area (Å²) in [6.07, 6.45) is 1.64. The number of amides is 3. The summed E-state index contributed by atoms with van der Waals surface area (Å²) in [5.41, 5.74) is 3.79. The first-order chi connectivity index (χ1) is 15.8. The first kappa shape index (κ1) is 22.7. The minimum atomic E-state index is -0.390. The van der Waals surface area contributed by atoms with Gasteiger partial charge in [0.1, 0.15) is 5.75 Å². The third-order valence-electron chi connectivity index (χ3n) is 5.18. The van der Waals surface area contributed by atoms with Gasteiger partial charge < -0.3 is 19.5 Å². The monoisotopic (exact) mass is 468 g/mol. The van der Waals surface area contributed by atoms with Crippen molar-refractivity contribution in [2.75, 3.05) is 26.5 Å². The Labute approximate surface area is 195 Å². The lowest BCUT2D eigenvalue weighted by Gasteiger charge is -2.15. The molecule has 1 saturated heterocycles. The number of rotatable bonds is 7. The summed E-state index contributed by atoms with van der Waals surface area (Å²) in [7, 11) is 0. The summed E-state index contributed by atoms with van der Waals surface area (Å²) in [4.78, 5) is 38.6. The van der Waals surface area contributed by atoms with Crippen molar-refractivity contribution in [2.24, 2.45) is 0 Å². The van der Waals surface area contributed by atoms with Gasteiger partial charge in [0, 0.05) is 13.1 Å². The Morgan fingerprint density at radius 1 is 1.12 bits per heavy atom. The molecule has 0 atom stereocenters. The number of carbonyl (C=O) groups is 3. The molecule has 2 aromatic rings. The second-order valence-electron chi connectivity index (χ2n) is 7.81. The smallest absolute Gasteiger partial charge is 0.293 e. The fraction of sp³-hybridized carbons (Fsp3) is 0.292. The summed E-state index contributed by atoms with van der Waals surface area (Å²) in [6, 6.07) is 9.30. The number of hydrogen-bond acceptors (Lipinski definition) is 7. The van der Waals surface area contributed by atoms with E-state index in [4.69, 9.17) is 14.2 Å². The predicted molar refractivity (Wildman–Crippen MR) is 124 cm³/mol. The Hall–Kier alpha value is -3.46. The zero-order chi connectivity index (χ0) is 23.5. The maximum atomic E-state index is 12.7. The zero-order valence-corrected chi connectivity index (χ0v) is 19.4. The minimum Gasteiger partial charge on any atom is -0.483 e. The van der Waals surface area contributed by atoms with Gasteiger partial charge in [-0.1, -0.05) is 23.8 Å². The van der Waals surface area contributed by atoms with Crippen molar-refractivity contribution in [1.29, 1.82) is 0 Å². The molecule has 0 spiro atoms. The summed E-state index contributed by atoms with van der Waals surface area (Å²) < 4.78 is 16.3. The van der Waals surface area contributed by atoms with E-state index in [0.717, 1.165) is 38.9 Å². The van der Waals surface area contributed by atoms with Gasteiger partial charge in [0.15, 0.2) is 18.1 Å². The number of fused-ring (bicyclic) bond motifs is 1. The van der Waals surface area contributed by atoms with Gasteiger partial charge in [-0.15, -0.1) is 0 Å². The Balaban J connectivity index is 1.28. The fourth-order valence-corrected chi connectivity index (χ4v) is 4.60. The number of aryl methyl sites for hydroxylation is 3. The van der Waals surface area contributed by atoms with Crippen LogP contribution in [-0.4, -0.2) is 48.4 Å². The van der Waals surface area contributed by atoms with Gasteiger partial charge in [0.05, 0.1) is 4.91 Å². The summed E-state index contributed by atoms with van der Waals surface area (Å²) in [5.74, 6) is 1.23. The zero-order valence-electron chi connectivity index (χ0n) is 18.6. The van der Waals surface area contributed by atoms with Gasteiger partial charge in [-0.3, -0.25) is 19.3 Å². The summed E-state index contributed by atoms with van der Waals surface area (Å²) >= 11 is 0.870. The molecule has 0 saturated carbocycles. The standard InChI is InChI=1S/C24H24N2O6S/c1-14-8-15(2)22(16(3)9-14)30-12-21(27)25-6-7-26-23(28)20(33-24(26)29)11-17-4-5-18-19(10-17)32-13-31-18/h4-5,8-11H,6-7,12-13H2,1-3H3,(H,25,27)/b20-11-. The Morgan fingerprint density at radius 2 is 1.85 bits per heavy atom. The minimum absolute atomic E-state index is 0.0808. The van der Waals surface area contributed by atoms with Gasteiger partial charge in [-0.2, -0.15) is 0 Å². The molecule has 172 valence electrons. The molecule has 33 heavy (non-hydrogen) atoms. The van der Waals surface area contributed by atoms with Crippen LogP contribution in [0.15, 0.2) is 35.2 Å². The van der Waals surface area contributed by atoms with Crippen LogP contribution in [0.1, 0.15) is 22.3 Å². The van der Waals surface area contributed by atoms with Gasteiger partial charge in [0.25, 0.3) is 17.1 Å². The molecule has 0 radical (unpaired) electrons. The number of hydrogen-bond donors (Lipinski definition) is 1.